The molecule has 1 amide bonds. The van der Waals surface area contributed by atoms with Crippen LogP contribution < -0.4 is 11.1 Å². The van der Waals surface area contributed by atoms with Crippen LogP contribution in [0, 0.1) is 5.92 Å². The van der Waals surface area contributed by atoms with Gasteiger partial charge in [0.2, 0.25) is 5.91 Å². The highest BCUT2D eigenvalue weighted by molar-refractivity contribution is 5.78. The quantitative estimate of drug-likeness (QED) is 0.586. The molecule has 0 bridgehead atoms. The Hall–Kier alpha value is -0.650. The summed E-state index contributed by atoms with van der Waals surface area (Å²) in [7, 11) is 3.48. The minimum absolute atomic E-state index is 0.00574. The number of aliphatic hydroxyl groups excluding tert-OH is 1. The fraction of sp³-hybridized carbons (Fsp3) is 0.909. The molecule has 0 heterocycles. The van der Waals surface area contributed by atoms with Gasteiger partial charge in [0.25, 0.3) is 0 Å². The van der Waals surface area contributed by atoms with E-state index in [2.05, 4.69) is 22.9 Å². The van der Waals surface area contributed by atoms with E-state index in [4.69, 9.17) is 5.11 Å². The molecular weight excluding hydrogens is 206 g/mol. The molecule has 0 aromatic heterocycles. The van der Waals surface area contributed by atoms with E-state index < -0.39 is 6.10 Å². The van der Waals surface area contributed by atoms with Crippen LogP contribution >= 0.6 is 0 Å². The summed E-state index contributed by atoms with van der Waals surface area (Å²) in [6, 6.07) is 0. The second kappa shape index (κ2) is 10.9. The fourth-order valence-corrected chi connectivity index (χ4v) is 1.10. The molecule has 0 radical (unpaired) electrons. The van der Waals surface area contributed by atoms with Crippen molar-refractivity contribution in [3.05, 3.63) is 0 Å². The van der Waals surface area contributed by atoms with Gasteiger partial charge in [-0.25, -0.2) is 0 Å². The molecule has 4 N–H and O–H groups in total. The molecule has 0 aliphatic rings. The minimum Gasteiger partial charge on any atom is -0.392 e. The number of rotatable bonds is 6. The van der Waals surface area contributed by atoms with Crippen LogP contribution in [-0.2, 0) is 4.79 Å². The van der Waals surface area contributed by atoms with Crippen LogP contribution in [0.1, 0.15) is 20.8 Å². The van der Waals surface area contributed by atoms with Crippen LogP contribution in [0.15, 0.2) is 0 Å². The first-order valence-electron chi connectivity index (χ1n) is 5.69. The van der Waals surface area contributed by atoms with Crippen molar-refractivity contribution in [2.75, 3.05) is 33.7 Å². The molecule has 0 spiro atoms. The largest absolute Gasteiger partial charge is 0.392 e. The number of amides is 1. The van der Waals surface area contributed by atoms with Crippen molar-refractivity contribution >= 4 is 5.91 Å². The predicted octanol–water partition coefficient (Wildman–Crippen LogP) is -0.354. The zero-order valence-corrected chi connectivity index (χ0v) is 11.2. The molecule has 0 fully saturated rings. The van der Waals surface area contributed by atoms with Crippen molar-refractivity contribution in [2.24, 2.45) is 11.7 Å². The summed E-state index contributed by atoms with van der Waals surface area (Å²) >= 11 is 0. The lowest BCUT2D eigenvalue weighted by Crippen LogP contribution is -2.38. The number of carbonyl (C=O) groups is 1. The number of nitrogens with one attached hydrogen (secondary N) is 1. The number of hydrogen-bond acceptors (Lipinski definition) is 4. The smallest absolute Gasteiger partial charge is 0.224 e. The van der Waals surface area contributed by atoms with E-state index in [1.165, 1.54) is 7.05 Å². The van der Waals surface area contributed by atoms with Crippen molar-refractivity contribution in [1.82, 2.24) is 10.2 Å². The summed E-state index contributed by atoms with van der Waals surface area (Å²) in [6.07, 6.45) is -0.477. The first kappa shape index (κ1) is 17.7. The molecule has 0 rings (SSSR count). The van der Waals surface area contributed by atoms with Gasteiger partial charge in [0.1, 0.15) is 0 Å². The number of hydrogen-bond donors (Lipinski definition) is 3. The number of nitrogens with zero attached hydrogens (tertiary/aromatic N) is 1. The van der Waals surface area contributed by atoms with E-state index in [1.54, 1.807) is 6.92 Å². The van der Waals surface area contributed by atoms with Gasteiger partial charge in [-0.1, -0.05) is 13.8 Å². The van der Waals surface area contributed by atoms with Crippen molar-refractivity contribution in [2.45, 2.75) is 26.9 Å². The second-order valence-electron chi connectivity index (χ2n) is 3.85. The maximum Gasteiger partial charge on any atom is 0.224 e. The zero-order chi connectivity index (χ0) is 13.1. The van der Waals surface area contributed by atoms with E-state index in [9.17, 15) is 4.79 Å². The lowest BCUT2D eigenvalue weighted by Gasteiger charge is -2.19. The molecule has 0 aliphatic carbocycles. The summed E-state index contributed by atoms with van der Waals surface area (Å²) in [5.41, 5.74) is 4.50. The Morgan fingerprint density at radius 1 is 1.44 bits per heavy atom. The SMILES string of the molecule is CCN(C)CC(C)C(=O)NCC(C)O.CN. The van der Waals surface area contributed by atoms with Gasteiger partial charge in [-0.3, -0.25) is 4.79 Å². The Morgan fingerprint density at radius 2 is 1.94 bits per heavy atom. The average Bonchev–Trinajstić information content (AvgIpc) is 2.28. The van der Waals surface area contributed by atoms with Crippen molar-refractivity contribution in [1.29, 1.82) is 0 Å². The van der Waals surface area contributed by atoms with Crippen LogP contribution in [0.25, 0.3) is 0 Å². The van der Waals surface area contributed by atoms with Gasteiger partial charge in [-0.05, 0) is 27.6 Å². The van der Waals surface area contributed by atoms with Crippen molar-refractivity contribution < 1.29 is 9.90 Å². The fourth-order valence-electron chi connectivity index (χ4n) is 1.10. The highest BCUT2D eigenvalue weighted by Gasteiger charge is 2.14. The van der Waals surface area contributed by atoms with E-state index in [0.29, 0.717) is 6.54 Å². The Kier molecular flexibility index (Phi) is 12.0. The molecule has 5 heteroatoms. The standard InChI is InChI=1S/C10H22N2O2.CH5N/c1-5-12(4)7-8(2)10(14)11-6-9(3)13;1-2/h8-9,13H,5-7H2,1-4H3,(H,11,14);2H2,1H3. The summed E-state index contributed by atoms with van der Waals surface area (Å²) in [5.74, 6) is -0.0232. The van der Waals surface area contributed by atoms with E-state index in [1.807, 2.05) is 14.0 Å². The lowest BCUT2D eigenvalue weighted by atomic mass is 10.1. The first-order valence-corrected chi connectivity index (χ1v) is 5.69. The topological polar surface area (TPSA) is 78.6 Å². The predicted molar refractivity (Wildman–Crippen MR) is 67.1 cm³/mol. The van der Waals surface area contributed by atoms with Gasteiger partial charge in [-0.2, -0.15) is 0 Å². The molecule has 0 saturated carbocycles. The Morgan fingerprint density at radius 3 is 2.31 bits per heavy atom. The Labute approximate surface area is 99.0 Å². The first-order chi connectivity index (χ1) is 7.47. The van der Waals surface area contributed by atoms with Crippen molar-refractivity contribution in [3.63, 3.8) is 0 Å². The van der Waals surface area contributed by atoms with Gasteiger partial charge < -0.3 is 21.1 Å². The molecule has 0 aromatic rings. The molecule has 5 nitrogen and oxygen atoms in total. The molecule has 0 aromatic carbocycles. The van der Waals surface area contributed by atoms with Gasteiger partial charge >= 0.3 is 0 Å². The average molecular weight is 233 g/mol. The van der Waals surface area contributed by atoms with Crippen LogP contribution in [0.3, 0.4) is 0 Å². The maximum absolute atomic E-state index is 11.5. The third kappa shape index (κ3) is 9.89. The van der Waals surface area contributed by atoms with Gasteiger partial charge in [0.05, 0.1) is 6.10 Å². The monoisotopic (exact) mass is 233 g/mol. The number of nitrogens with two attached hydrogens (primary N) is 1. The zero-order valence-electron chi connectivity index (χ0n) is 11.2. The summed E-state index contributed by atoms with van der Waals surface area (Å²) in [6.45, 7) is 7.63. The summed E-state index contributed by atoms with van der Waals surface area (Å²) in [4.78, 5) is 13.5. The second-order valence-corrected chi connectivity index (χ2v) is 3.85. The molecule has 16 heavy (non-hydrogen) atoms. The molecule has 0 saturated heterocycles. The van der Waals surface area contributed by atoms with E-state index >= 15 is 0 Å². The van der Waals surface area contributed by atoms with Crippen molar-refractivity contribution in [3.8, 4) is 0 Å². The summed E-state index contributed by atoms with van der Waals surface area (Å²) in [5, 5.41) is 11.7. The third-order valence-corrected chi connectivity index (χ3v) is 2.14. The number of aliphatic hydroxyl groups is 1. The molecule has 0 aliphatic heterocycles. The van der Waals surface area contributed by atoms with E-state index in [0.717, 1.165) is 13.1 Å². The van der Waals surface area contributed by atoms with Crippen LogP contribution in [-0.4, -0.2) is 55.7 Å². The minimum atomic E-state index is -0.477. The van der Waals surface area contributed by atoms with Gasteiger partial charge in [0, 0.05) is 19.0 Å². The number of carbonyl (C=O) groups excluding carboxylic acids is 1. The molecule has 2 unspecified atom stereocenters. The molecular formula is C11H27N3O2. The molecule has 2 atom stereocenters. The van der Waals surface area contributed by atoms with Crippen LogP contribution in [0.4, 0.5) is 0 Å². The molecule has 98 valence electrons. The lowest BCUT2D eigenvalue weighted by molar-refractivity contribution is -0.125. The highest BCUT2D eigenvalue weighted by atomic mass is 16.3. The maximum atomic E-state index is 11.5. The van der Waals surface area contributed by atoms with E-state index in [-0.39, 0.29) is 11.8 Å². The highest BCUT2D eigenvalue weighted by Crippen LogP contribution is 1.97. The Bertz CT molecular complexity index is 175. The van der Waals surface area contributed by atoms with Gasteiger partial charge in [0.15, 0.2) is 0 Å². The van der Waals surface area contributed by atoms with Crippen LogP contribution in [0.2, 0.25) is 0 Å². The van der Waals surface area contributed by atoms with Crippen LogP contribution in [0.5, 0.6) is 0 Å². The van der Waals surface area contributed by atoms with Gasteiger partial charge in [-0.15, -0.1) is 0 Å². The Balaban J connectivity index is 0. The summed E-state index contributed by atoms with van der Waals surface area (Å²) < 4.78 is 0. The normalized spacial score (nSPS) is 13.8. The third-order valence-electron chi connectivity index (χ3n) is 2.14.